The molecule has 2 atom stereocenters. The van der Waals surface area contributed by atoms with Crippen molar-refractivity contribution >= 4 is 28.4 Å². The second-order valence-electron chi connectivity index (χ2n) is 7.62. The molecule has 0 aliphatic carbocycles. The van der Waals surface area contributed by atoms with Crippen molar-refractivity contribution in [3.8, 4) is 11.5 Å². The van der Waals surface area contributed by atoms with E-state index in [-0.39, 0.29) is 5.78 Å². The highest BCUT2D eigenvalue weighted by Gasteiger charge is 2.50. The molecule has 1 N–H and O–H groups in total. The van der Waals surface area contributed by atoms with Crippen LogP contribution >= 0.6 is 0 Å². The van der Waals surface area contributed by atoms with Crippen molar-refractivity contribution in [3.63, 3.8) is 0 Å². The molecule has 0 bridgehead atoms. The summed E-state index contributed by atoms with van der Waals surface area (Å²) in [6.45, 7) is 1.67. The van der Waals surface area contributed by atoms with Crippen LogP contribution in [0.1, 0.15) is 24.1 Å². The number of aromatic nitrogens is 1. The van der Waals surface area contributed by atoms with Crippen LogP contribution in [0.3, 0.4) is 0 Å². The fraction of sp³-hybridized carbons (Fsp3) is 0.292. The van der Waals surface area contributed by atoms with E-state index in [9.17, 15) is 14.4 Å². The number of Topliss-reactive ketones (excluding diaryl/α,β-unsaturated/α-hetero) is 2. The molecule has 0 saturated carbocycles. The number of rotatable bonds is 7. The van der Waals surface area contributed by atoms with Gasteiger partial charge in [0.05, 0.1) is 20.3 Å². The summed E-state index contributed by atoms with van der Waals surface area (Å²) < 4.78 is 10.7. The van der Waals surface area contributed by atoms with Crippen LogP contribution in [0.15, 0.2) is 48.7 Å². The maximum Gasteiger partial charge on any atom is 0.291 e. The van der Waals surface area contributed by atoms with E-state index in [1.807, 2.05) is 30.5 Å². The number of hydrogen-bond acceptors (Lipinski definition) is 5. The molecule has 2 unspecified atom stereocenters. The Labute approximate surface area is 179 Å². The number of hydrogen-bond donors (Lipinski definition) is 1. The molecule has 0 spiro atoms. The minimum atomic E-state index is -1.03. The number of fused-ring (bicyclic) bond motifs is 1. The predicted octanol–water partition coefficient (Wildman–Crippen LogP) is 3.09. The second-order valence-corrected chi connectivity index (χ2v) is 7.62. The average molecular weight is 420 g/mol. The van der Waals surface area contributed by atoms with Gasteiger partial charge in [0.2, 0.25) is 5.78 Å². The summed E-state index contributed by atoms with van der Waals surface area (Å²) in [5.74, 6) is -1.63. The Bertz CT molecular complexity index is 1170. The largest absolute Gasteiger partial charge is 0.493 e. The van der Waals surface area contributed by atoms with Gasteiger partial charge in [0.1, 0.15) is 11.7 Å². The van der Waals surface area contributed by atoms with Gasteiger partial charge in [-0.05, 0) is 42.7 Å². The van der Waals surface area contributed by atoms with Crippen LogP contribution in [0.25, 0.3) is 10.9 Å². The third kappa shape index (κ3) is 3.56. The minimum Gasteiger partial charge on any atom is -0.493 e. The second kappa shape index (κ2) is 8.26. The number of benzene rings is 2. The molecule has 1 saturated heterocycles. The lowest BCUT2D eigenvalue weighted by Gasteiger charge is -2.27. The predicted molar refractivity (Wildman–Crippen MR) is 115 cm³/mol. The number of amides is 1. The number of aromatic amines is 1. The number of nitrogens with zero attached hydrogens (tertiary/aromatic N) is 1. The summed E-state index contributed by atoms with van der Waals surface area (Å²) in [6.07, 6.45) is 2.47. The van der Waals surface area contributed by atoms with Crippen LogP contribution in [0.4, 0.5) is 0 Å². The molecule has 1 aromatic heterocycles. The smallest absolute Gasteiger partial charge is 0.291 e. The lowest BCUT2D eigenvalue weighted by molar-refractivity contribution is -0.142. The average Bonchev–Trinajstić information content (AvgIpc) is 3.30. The van der Waals surface area contributed by atoms with Crippen molar-refractivity contribution < 1.29 is 23.9 Å². The monoisotopic (exact) mass is 420 g/mol. The zero-order valence-corrected chi connectivity index (χ0v) is 17.7. The third-order valence-corrected chi connectivity index (χ3v) is 5.89. The van der Waals surface area contributed by atoms with Gasteiger partial charge in [0.15, 0.2) is 11.5 Å². The van der Waals surface area contributed by atoms with Crippen molar-refractivity contribution in [2.24, 2.45) is 5.92 Å². The van der Waals surface area contributed by atoms with E-state index in [4.69, 9.17) is 9.47 Å². The number of ketones is 2. The van der Waals surface area contributed by atoms with Gasteiger partial charge in [0.25, 0.3) is 5.91 Å². The van der Waals surface area contributed by atoms with E-state index in [0.29, 0.717) is 30.0 Å². The lowest BCUT2D eigenvalue weighted by Crippen LogP contribution is -2.32. The molecule has 2 heterocycles. The first-order chi connectivity index (χ1) is 15.0. The standard InChI is InChI=1S/C24H24N2O5/c1-14(27)21-22(15-8-9-19(30-2)20(12-15)31-3)26(24(29)23(21)28)11-10-16-13-25-18-7-5-4-6-17(16)18/h4-9,12-13,21-22,25H,10-11H2,1-3H3. The first kappa shape index (κ1) is 20.7. The van der Waals surface area contributed by atoms with Gasteiger partial charge in [0, 0.05) is 23.6 Å². The first-order valence-electron chi connectivity index (χ1n) is 10.1. The summed E-state index contributed by atoms with van der Waals surface area (Å²) in [4.78, 5) is 42.7. The molecule has 7 heteroatoms. The number of H-pyrrole nitrogens is 1. The van der Waals surface area contributed by atoms with E-state index < -0.39 is 23.7 Å². The molecule has 1 fully saturated rings. The maximum atomic E-state index is 12.9. The molecule has 31 heavy (non-hydrogen) atoms. The Balaban J connectivity index is 1.69. The maximum absolute atomic E-state index is 12.9. The van der Waals surface area contributed by atoms with Gasteiger partial charge in [-0.1, -0.05) is 24.3 Å². The molecule has 3 aromatic rings. The van der Waals surface area contributed by atoms with E-state index in [1.165, 1.54) is 26.0 Å². The Morgan fingerprint density at radius 2 is 1.81 bits per heavy atom. The number of ether oxygens (including phenoxy) is 2. The zero-order chi connectivity index (χ0) is 22.1. The van der Waals surface area contributed by atoms with Crippen molar-refractivity contribution in [1.82, 2.24) is 9.88 Å². The molecule has 1 amide bonds. The molecule has 160 valence electrons. The fourth-order valence-electron chi connectivity index (χ4n) is 4.36. The van der Waals surface area contributed by atoms with E-state index in [2.05, 4.69) is 4.98 Å². The van der Waals surface area contributed by atoms with Crippen LogP contribution in [0.5, 0.6) is 11.5 Å². The molecule has 1 aliphatic heterocycles. The van der Waals surface area contributed by atoms with Gasteiger partial charge in [-0.3, -0.25) is 14.4 Å². The third-order valence-electron chi connectivity index (χ3n) is 5.89. The number of para-hydroxylation sites is 1. The summed E-state index contributed by atoms with van der Waals surface area (Å²) in [6, 6.07) is 12.5. The van der Waals surface area contributed by atoms with Gasteiger partial charge >= 0.3 is 0 Å². The van der Waals surface area contributed by atoms with Crippen molar-refractivity contribution in [2.45, 2.75) is 19.4 Å². The van der Waals surface area contributed by atoms with Gasteiger partial charge in [-0.15, -0.1) is 0 Å². The Morgan fingerprint density at radius 1 is 1.06 bits per heavy atom. The van der Waals surface area contributed by atoms with Crippen LogP contribution in [0.2, 0.25) is 0 Å². The van der Waals surface area contributed by atoms with Gasteiger partial charge in [-0.25, -0.2) is 0 Å². The van der Waals surface area contributed by atoms with E-state index in [0.717, 1.165) is 16.5 Å². The molecule has 4 rings (SSSR count). The molecular weight excluding hydrogens is 396 g/mol. The van der Waals surface area contributed by atoms with Crippen LogP contribution in [-0.4, -0.2) is 48.1 Å². The zero-order valence-electron chi connectivity index (χ0n) is 17.7. The Morgan fingerprint density at radius 3 is 2.52 bits per heavy atom. The number of carbonyl (C=O) groups excluding carboxylic acids is 3. The normalized spacial score (nSPS) is 18.6. The summed E-state index contributed by atoms with van der Waals surface area (Å²) in [7, 11) is 3.05. The van der Waals surface area contributed by atoms with Gasteiger partial charge in [-0.2, -0.15) is 0 Å². The SMILES string of the molecule is COc1ccc(C2C(C(C)=O)C(=O)C(=O)N2CCc2c[nH]c3ccccc23)cc1OC. The lowest BCUT2D eigenvalue weighted by atomic mass is 9.89. The Kier molecular flexibility index (Phi) is 5.50. The van der Waals surface area contributed by atoms with E-state index >= 15 is 0 Å². The van der Waals surface area contributed by atoms with Crippen LogP contribution in [0, 0.1) is 5.92 Å². The minimum absolute atomic E-state index is 0.315. The van der Waals surface area contributed by atoms with Gasteiger partial charge < -0.3 is 19.4 Å². The summed E-state index contributed by atoms with van der Waals surface area (Å²) >= 11 is 0. The Hall–Kier alpha value is -3.61. The molecule has 7 nitrogen and oxygen atoms in total. The van der Waals surface area contributed by atoms with Crippen molar-refractivity contribution in [3.05, 3.63) is 59.8 Å². The molecule has 0 radical (unpaired) electrons. The van der Waals surface area contributed by atoms with E-state index in [1.54, 1.807) is 18.2 Å². The molecular formula is C24H24N2O5. The number of carbonyl (C=O) groups is 3. The molecule has 1 aliphatic rings. The topological polar surface area (TPSA) is 88.7 Å². The number of nitrogens with one attached hydrogen (secondary N) is 1. The number of likely N-dealkylation sites (tertiary alicyclic amines) is 1. The van der Waals surface area contributed by atoms with Crippen molar-refractivity contribution in [2.75, 3.05) is 20.8 Å². The summed E-state index contributed by atoms with van der Waals surface area (Å²) in [5.41, 5.74) is 2.73. The summed E-state index contributed by atoms with van der Waals surface area (Å²) in [5, 5.41) is 1.08. The highest BCUT2D eigenvalue weighted by molar-refractivity contribution is 6.42. The molecule has 2 aromatic carbocycles. The van der Waals surface area contributed by atoms with Crippen LogP contribution < -0.4 is 9.47 Å². The van der Waals surface area contributed by atoms with Crippen molar-refractivity contribution in [1.29, 1.82) is 0 Å². The quantitative estimate of drug-likeness (QED) is 0.469. The van der Waals surface area contributed by atoms with Crippen LogP contribution in [-0.2, 0) is 20.8 Å². The first-order valence-corrected chi connectivity index (χ1v) is 10.1. The fourth-order valence-corrected chi connectivity index (χ4v) is 4.36. The highest BCUT2D eigenvalue weighted by atomic mass is 16.5. The highest BCUT2D eigenvalue weighted by Crippen LogP contribution is 2.40. The number of methoxy groups -OCH3 is 2.